The molecule has 2 heteroatoms. The number of rotatable bonds is 8. The first kappa shape index (κ1) is 34.4. The van der Waals surface area contributed by atoms with E-state index in [-0.39, 0.29) is 11.5 Å². The third-order valence-electron chi connectivity index (χ3n) is 10.5. The van der Waals surface area contributed by atoms with Gasteiger partial charge in [-0.3, -0.25) is 0 Å². The van der Waals surface area contributed by atoms with Gasteiger partial charge in [0.25, 0.3) is 0 Å². The van der Waals surface area contributed by atoms with E-state index in [1.165, 1.54) is 5.56 Å². The van der Waals surface area contributed by atoms with Gasteiger partial charge in [-0.25, -0.2) is 0 Å². The monoisotopic (exact) mass is 718 g/mol. The van der Waals surface area contributed by atoms with E-state index >= 15 is 0 Å². The van der Waals surface area contributed by atoms with Gasteiger partial charge in [0.15, 0.2) is 0 Å². The standard InChI is InChI=1S/C54H38O2/c55-53-31-29-43(38-15-5-2-6-16-38)35-51(53)49-23-9-8-22-48(49)46-20-12-18-42(34-46)39-25-27-40(28-26-39)44-30-32-54(56)52(36-44)50-24-10-7-21-47(50)45-19-11-17-41(33-45)37-13-3-1-4-14-37/h1-36,55-56H. The normalized spacial score (nSPS) is 11.0. The van der Waals surface area contributed by atoms with Gasteiger partial charge in [-0.15, -0.1) is 0 Å². The number of hydrogen-bond donors (Lipinski definition) is 2. The van der Waals surface area contributed by atoms with Crippen molar-refractivity contribution in [3.8, 4) is 101 Å². The van der Waals surface area contributed by atoms with E-state index in [1.807, 2.05) is 54.6 Å². The SMILES string of the molecule is Oc1ccc(-c2ccccc2)cc1-c1ccccc1-c1cccc(-c2ccc(-c3ccc(O)c(-c4ccccc4-c4cccc(-c5ccccc5)c4)c3)cc2)c1. The molecule has 0 amide bonds. The molecule has 0 aliphatic heterocycles. The van der Waals surface area contributed by atoms with Gasteiger partial charge in [0.05, 0.1) is 0 Å². The Kier molecular flexibility index (Phi) is 9.29. The molecule has 0 aliphatic carbocycles. The summed E-state index contributed by atoms with van der Waals surface area (Å²) in [6.45, 7) is 0. The predicted octanol–water partition coefficient (Wildman–Crippen LogP) is 14.4. The molecule has 0 aromatic heterocycles. The fourth-order valence-electron chi connectivity index (χ4n) is 7.65. The van der Waals surface area contributed by atoms with Crippen molar-refractivity contribution in [3.63, 3.8) is 0 Å². The van der Waals surface area contributed by atoms with Crippen molar-refractivity contribution < 1.29 is 10.2 Å². The van der Waals surface area contributed by atoms with Crippen LogP contribution in [0.3, 0.4) is 0 Å². The molecule has 0 radical (unpaired) electrons. The molecule has 0 aliphatic rings. The summed E-state index contributed by atoms with van der Waals surface area (Å²) < 4.78 is 0. The highest BCUT2D eigenvalue weighted by Gasteiger charge is 2.15. The summed E-state index contributed by atoms with van der Waals surface area (Å²) in [6, 6.07) is 74.6. The Morgan fingerprint density at radius 3 is 0.875 bits per heavy atom. The maximum Gasteiger partial charge on any atom is 0.123 e. The van der Waals surface area contributed by atoms with E-state index in [9.17, 15) is 10.2 Å². The van der Waals surface area contributed by atoms with Crippen molar-refractivity contribution in [2.75, 3.05) is 0 Å². The lowest BCUT2D eigenvalue weighted by molar-refractivity contribution is 0.477. The maximum absolute atomic E-state index is 11.2. The van der Waals surface area contributed by atoms with Crippen LogP contribution in [0.5, 0.6) is 11.5 Å². The summed E-state index contributed by atoms with van der Waals surface area (Å²) in [5, 5.41) is 22.3. The highest BCUT2D eigenvalue weighted by Crippen LogP contribution is 2.42. The van der Waals surface area contributed by atoms with Gasteiger partial charge in [0.1, 0.15) is 11.5 Å². The average molecular weight is 719 g/mol. The zero-order valence-electron chi connectivity index (χ0n) is 30.7. The third-order valence-corrected chi connectivity index (χ3v) is 10.5. The number of phenols is 2. The molecular weight excluding hydrogens is 681 g/mol. The summed E-state index contributed by atoms with van der Waals surface area (Å²) in [5.41, 5.74) is 16.6. The van der Waals surface area contributed by atoms with Crippen LogP contribution in [0.4, 0.5) is 0 Å². The van der Waals surface area contributed by atoms with E-state index in [1.54, 1.807) is 12.1 Å². The van der Waals surface area contributed by atoms with Gasteiger partial charge in [-0.1, -0.05) is 182 Å². The molecule has 0 unspecified atom stereocenters. The zero-order valence-corrected chi connectivity index (χ0v) is 30.7. The smallest absolute Gasteiger partial charge is 0.123 e. The molecule has 0 fully saturated rings. The average Bonchev–Trinajstić information content (AvgIpc) is 3.27. The van der Waals surface area contributed by atoms with Gasteiger partial charge in [-0.2, -0.15) is 0 Å². The van der Waals surface area contributed by atoms with E-state index in [2.05, 4.69) is 152 Å². The van der Waals surface area contributed by atoms with Crippen LogP contribution in [0.15, 0.2) is 218 Å². The van der Waals surface area contributed by atoms with Crippen LogP contribution in [0.1, 0.15) is 0 Å². The van der Waals surface area contributed by atoms with Crippen LogP contribution >= 0.6 is 0 Å². The number of phenolic OH excluding ortho intramolecular Hbond substituents is 2. The van der Waals surface area contributed by atoms with Gasteiger partial charge in [-0.05, 0) is 114 Å². The van der Waals surface area contributed by atoms with E-state index in [4.69, 9.17) is 0 Å². The number of benzene rings is 9. The molecule has 0 bridgehead atoms. The second-order valence-corrected chi connectivity index (χ2v) is 14.0. The second kappa shape index (κ2) is 15.1. The van der Waals surface area contributed by atoms with Gasteiger partial charge in [0, 0.05) is 11.1 Å². The molecule has 9 rings (SSSR count). The molecule has 0 saturated carbocycles. The van der Waals surface area contributed by atoms with Crippen molar-refractivity contribution >= 4 is 0 Å². The highest BCUT2D eigenvalue weighted by molar-refractivity contribution is 5.91. The van der Waals surface area contributed by atoms with Crippen LogP contribution in [0.2, 0.25) is 0 Å². The molecule has 0 atom stereocenters. The fraction of sp³-hybridized carbons (Fsp3) is 0. The third kappa shape index (κ3) is 6.88. The Bertz CT molecular complexity index is 2800. The lowest BCUT2D eigenvalue weighted by Crippen LogP contribution is -1.89. The van der Waals surface area contributed by atoms with Crippen LogP contribution in [-0.4, -0.2) is 10.2 Å². The molecule has 9 aromatic rings. The van der Waals surface area contributed by atoms with Crippen molar-refractivity contribution in [3.05, 3.63) is 218 Å². The van der Waals surface area contributed by atoms with Crippen LogP contribution in [0, 0.1) is 0 Å². The Hall–Kier alpha value is -7.42. The van der Waals surface area contributed by atoms with E-state index in [0.717, 1.165) is 83.5 Å². The lowest BCUT2D eigenvalue weighted by Gasteiger charge is -2.15. The minimum atomic E-state index is 0.245. The Morgan fingerprint density at radius 1 is 0.179 bits per heavy atom. The quantitative estimate of drug-likeness (QED) is 0.164. The van der Waals surface area contributed by atoms with Crippen LogP contribution in [-0.2, 0) is 0 Å². The summed E-state index contributed by atoms with van der Waals surface area (Å²) in [6.07, 6.45) is 0. The summed E-state index contributed by atoms with van der Waals surface area (Å²) in [7, 11) is 0. The highest BCUT2D eigenvalue weighted by atomic mass is 16.3. The summed E-state index contributed by atoms with van der Waals surface area (Å²) in [5.74, 6) is 0.497. The molecule has 0 spiro atoms. The number of aromatic hydroxyl groups is 2. The fourth-order valence-corrected chi connectivity index (χ4v) is 7.65. The van der Waals surface area contributed by atoms with Crippen molar-refractivity contribution in [1.82, 2.24) is 0 Å². The lowest BCUT2D eigenvalue weighted by atomic mass is 9.90. The summed E-state index contributed by atoms with van der Waals surface area (Å²) >= 11 is 0. The summed E-state index contributed by atoms with van der Waals surface area (Å²) in [4.78, 5) is 0. The molecule has 56 heavy (non-hydrogen) atoms. The Balaban J connectivity index is 1.02. The molecule has 9 aromatic carbocycles. The minimum absolute atomic E-state index is 0.245. The van der Waals surface area contributed by atoms with Gasteiger partial charge < -0.3 is 10.2 Å². The second-order valence-electron chi connectivity index (χ2n) is 14.0. The number of hydrogen-bond acceptors (Lipinski definition) is 2. The van der Waals surface area contributed by atoms with Gasteiger partial charge in [0.2, 0.25) is 0 Å². The van der Waals surface area contributed by atoms with Crippen molar-refractivity contribution in [1.29, 1.82) is 0 Å². The first-order chi connectivity index (χ1) is 27.6. The first-order valence-electron chi connectivity index (χ1n) is 18.9. The molecule has 0 saturated heterocycles. The van der Waals surface area contributed by atoms with Crippen molar-refractivity contribution in [2.24, 2.45) is 0 Å². The largest absolute Gasteiger partial charge is 0.507 e. The van der Waals surface area contributed by atoms with E-state index in [0.29, 0.717) is 0 Å². The maximum atomic E-state index is 11.2. The van der Waals surface area contributed by atoms with E-state index < -0.39 is 0 Å². The topological polar surface area (TPSA) is 40.5 Å². The molecule has 0 heterocycles. The van der Waals surface area contributed by atoms with Gasteiger partial charge >= 0.3 is 0 Å². The molecule has 2 nitrogen and oxygen atoms in total. The Morgan fingerprint density at radius 2 is 0.464 bits per heavy atom. The van der Waals surface area contributed by atoms with Crippen LogP contribution < -0.4 is 0 Å². The minimum Gasteiger partial charge on any atom is -0.507 e. The first-order valence-corrected chi connectivity index (χ1v) is 18.9. The molecular formula is C54H38O2. The zero-order chi connectivity index (χ0) is 37.8. The predicted molar refractivity (Wildman–Crippen MR) is 233 cm³/mol. The van der Waals surface area contributed by atoms with Crippen molar-refractivity contribution in [2.45, 2.75) is 0 Å². The van der Waals surface area contributed by atoms with Crippen LogP contribution in [0.25, 0.3) is 89.0 Å². The Labute approximate surface area is 327 Å². The molecule has 2 N–H and O–H groups in total. The molecule has 266 valence electrons.